The predicted octanol–water partition coefficient (Wildman–Crippen LogP) is 1.74. The number of fused-ring (bicyclic) bond motifs is 1. The average Bonchev–Trinajstić information content (AvgIpc) is 3.09. The van der Waals surface area contributed by atoms with Crippen LogP contribution in [-0.2, 0) is 6.54 Å². The molecule has 3 aromatic rings. The van der Waals surface area contributed by atoms with Crippen molar-refractivity contribution in [2.45, 2.75) is 6.54 Å². The molecule has 128 valence electrons. The topological polar surface area (TPSA) is 66.6 Å². The zero-order valence-electron chi connectivity index (χ0n) is 13.5. The number of aromatic nitrogens is 4. The molecule has 25 heavy (non-hydrogen) atoms. The van der Waals surface area contributed by atoms with Crippen molar-refractivity contribution in [2.75, 3.05) is 26.2 Å². The van der Waals surface area contributed by atoms with Gasteiger partial charge < -0.3 is 4.90 Å². The minimum atomic E-state index is 0.0137. The van der Waals surface area contributed by atoms with E-state index in [-0.39, 0.29) is 5.91 Å². The van der Waals surface area contributed by atoms with Crippen molar-refractivity contribution in [2.24, 2.45) is 0 Å². The summed E-state index contributed by atoms with van der Waals surface area (Å²) in [5.74, 6) is 0.0137. The molecule has 0 bridgehead atoms. The van der Waals surface area contributed by atoms with Crippen molar-refractivity contribution in [3.8, 4) is 0 Å². The number of hydrogen-bond donors (Lipinski definition) is 0. The molecule has 0 atom stereocenters. The molecule has 0 unspecified atom stereocenters. The van der Waals surface area contributed by atoms with Crippen molar-refractivity contribution in [1.82, 2.24) is 29.8 Å². The van der Waals surface area contributed by atoms with Gasteiger partial charge in [0.1, 0.15) is 0 Å². The first-order chi connectivity index (χ1) is 12.2. The number of rotatable bonds is 3. The van der Waals surface area contributed by atoms with Gasteiger partial charge in [-0.3, -0.25) is 9.69 Å². The Labute approximate surface area is 149 Å². The van der Waals surface area contributed by atoms with Crippen molar-refractivity contribution < 1.29 is 4.79 Å². The Morgan fingerprint density at radius 2 is 1.96 bits per heavy atom. The molecule has 1 fully saturated rings. The van der Waals surface area contributed by atoms with Gasteiger partial charge in [-0.15, -0.1) is 5.10 Å². The van der Waals surface area contributed by atoms with Crippen LogP contribution >= 0.6 is 11.6 Å². The summed E-state index contributed by atoms with van der Waals surface area (Å²) >= 11 is 6.04. The monoisotopic (exact) mass is 356 g/mol. The lowest BCUT2D eigenvalue weighted by molar-refractivity contribution is 0.0628. The third kappa shape index (κ3) is 3.47. The third-order valence-electron chi connectivity index (χ3n) is 4.39. The second kappa shape index (κ2) is 6.78. The van der Waals surface area contributed by atoms with Crippen LogP contribution in [0.4, 0.5) is 0 Å². The van der Waals surface area contributed by atoms with E-state index >= 15 is 0 Å². The first-order valence-corrected chi connectivity index (χ1v) is 8.51. The minimum absolute atomic E-state index is 0.0137. The number of pyridine rings is 1. The fourth-order valence-corrected chi connectivity index (χ4v) is 3.27. The van der Waals surface area contributed by atoms with Gasteiger partial charge in [-0.25, -0.2) is 0 Å². The molecule has 0 aliphatic carbocycles. The van der Waals surface area contributed by atoms with Crippen LogP contribution in [0.15, 0.2) is 42.6 Å². The third-order valence-corrected chi connectivity index (χ3v) is 4.63. The van der Waals surface area contributed by atoms with Crippen LogP contribution in [0.25, 0.3) is 5.65 Å². The van der Waals surface area contributed by atoms with Gasteiger partial charge in [-0.05, 0) is 40.3 Å². The van der Waals surface area contributed by atoms with Crippen LogP contribution in [0.2, 0.25) is 5.02 Å². The van der Waals surface area contributed by atoms with E-state index in [4.69, 9.17) is 11.6 Å². The number of nitrogens with zero attached hydrogens (tertiary/aromatic N) is 6. The zero-order valence-corrected chi connectivity index (χ0v) is 14.3. The molecular formula is C17H17ClN6O. The smallest absolute Gasteiger partial charge is 0.255 e. The van der Waals surface area contributed by atoms with Crippen molar-refractivity contribution in [3.05, 3.63) is 58.7 Å². The van der Waals surface area contributed by atoms with Crippen LogP contribution < -0.4 is 0 Å². The molecule has 1 amide bonds. The molecule has 2 aromatic heterocycles. The number of piperazine rings is 1. The second-order valence-corrected chi connectivity index (χ2v) is 6.53. The molecule has 8 heteroatoms. The highest BCUT2D eigenvalue weighted by molar-refractivity contribution is 6.30. The molecule has 0 spiro atoms. The maximum absolute atomic E-state index is 12.7. The number of carbonyl (C=O) groups is 1. The van der Waals surface area contributed by atoms with E-state index < -0.39 is 0 Å². The molecule has 4 rings (SSSR count). The summed E-state index contributed by atoms with van der Waals surface area (Å²) in [7, 11) is 0. The van der Waals surface area contributed by atoms with E-state index in [0.717, 1.165) is 24.7 Å². The highest BCUT2D eigenvalue weighted by atomic mass is 35.5. The second-order valence-electron chi connectivity index (χ2n) is 6.10. The Morgan fingerprint density at radius 1 is 1.12 bits per heavy atom. The van der Waals surface area contributed by atoms with Gasteiger partial charge in [0.2, 0.25) is 0 Å². The number of tetrazole rings is 1. The van der Waals surface area contributed by atoms with E-state index in [1.54, 1.807) is 18.3 Å². The summed E-state index contributed by atoms with van der Waals surface area (Å²) in [6.45, 7) is 3.93. The van der Waals surface area contributed by atoms with Crippen LogP contribution in [0.3, 0.4) is 0 Å². The van der Waals surface area contributed by atoms with Gasteiger partial charge in [-0.2, -0.15) is 4.52 Å². The number of amides is 1. The van der Waals surface area contributed by atoms with Gasteiger partial charge in [0.25, 0.3) is 5.91 Å². The lowest BCUT2D eigenvalue weighted by Gasteiger charge is -2.34. The SMILES string of the molecule is O=C(c1ccc2nnnn2c1)N1CCN(Cc2cccc(Cl)c2)CC1. The number of carbonyl (C=O) groups excluding carboxylic acids is 1. The lowest BCUT2D eigenvalue weighted by Crippen LogP contribution is -2.48. The van der Waals surface area contributed by atoms with Crippen molar-refractivity contribution in [1.29, 1.82) is 0 Å². The van der Waals surface area contributed by atoms with E-state index in [2.05, 4.69) is 26.5 Å². The van der Waals surface area contributed by atoms with Crippen LogP contribution in [0, 0.1) is 0 Å². The molecule has 1 saturated heterocycles. The molecule has 0 N–H and O–H groups in total. The van der Waals surface area contributed by atoms with Crippen molar-refractivity contribution >= 4 is 23.2 Å². The number of benzene rings is 1. The Bertz CT molecular complexity index is 903. The fraction of sp³-hybridized carbons (Fsp3) is 0.294. The minimum Gasteiger partial charge on any atom is -0.336 e. The van der Waals surface area contributed by atoms with E-state index in [0.29, 0.717) is 24.3 Å². The fourth-order valence-electron chi connectivity index (χ4n) is 3.05. The summed E-state index contributed by atoms with van der Waals surface area (Å²) in [5, 5.41) is 12.0. The highest BCUT2D eigenvalue weighted by Gasteiger charge is 2.22. The summed E-state index contributed by atoms with van der Waals surface area (Å²) in [6, 6.07) is 11.4. The van der Waals surface area contributed by atoms with Crippen molar-refractivity contribution in [3.63, 3.8) is 0 Å². The molecule has 1 aliphatic heterocycles. The lowest BCUT2D eigenvalue weighted by atomic mass is 10.2. The summed E-state index contributed by atoms with van der Waals surface area (Å²) in [6.07, 6.45) is 1.68. The largest absolute Gasteiger partial charge is 0.336 e. The number of halogens is 1. The van der Waals surface area contributed by atoms with E-state index in [1.807, 2.05) is 23.1 Å². The molecule has 0 saturated carbocycles. The molecule has 3 heterocycles. The van der Waals surface area contributed by atoms with Gasteiger partial charge in [0, 0.05) is 43.9 Å². The normalized spacial score (nSPS) is 15.6. The molecule has 7 nitrogen and oxygen atoms in total. The molecular weight excluding hydrogens is 340 g/mol. The summed E-state index contributed by atoms with van der Waals surface area (Å²) in [4.78, 5) is 16.9. The van der Waals surface area contributed by atoms with E-state index in [1.165, 1.54) is 10.1 Å². The highest BCUT2D eigenvalue weighted by Crippen LogP contribution is 2.15. The Balaban J connectivity index is 1.38. The molecule has 0 radical (unpaired) electrons. The maximum Gasteiger partial charge on any atom is 0.255 e. The standard InChI is InChI=1S/C17H17ClN6O/c18-15-3-1-2-13(10-15)11-22-6-8-23(9-7-22)17(25)14-4-5-16-19-20-21-24(16)12-14/h1-5,10,12H,6-9,11H2. The Kier molecular flexibility index (Phi) is 4.33. The predicted molar refractivity (Wildman–Crippen MR) is 93.4 cm³/mol. The maximum atomic E-state index is 12.7. The van der Waals surface area contributed by atoms with Gasteiger partial charge in [0.15, 0.2) is 5.65 Å². The Morgan fingerprint density at radius 3 is 2.76 bits per heavy atom. The summed E-state index contributed by atoms with van der Waals surface area (Å²) < 4.78 is 1.52. The molecule has 1 aromatic carbocycles. The van der Waals surface area contributed by atoms with Gasteiger partial charge in [0.05, 0.1) is 5.56 Å². The van der Waals surface area contributed by atoms with Crippen LogP contribution in [0.5, 0.6) is 0 Å². The van der Waals surface area contributed by atoms with Gasteiger partial charge in [-0.1, -0.05) is 23.7 Å². The first kappa shape index (κ1) is 16.0. The van der Waals surface area contributed by atoms with Crippen LogP contribution in [-0.4, -0.2) is 61.9 Å². The first-order valence-electron chi connectivity index (χ1n) is 8.13. The zero-order chi connectivity index (χ0) is 17.2. The Hall–Kier alpha value is -2.51. The van der Waals surface area contributed by atoms with E-state index in [9.17, 15) is 4.79 Å². The van der Waals surface area contributed by atoms with Crippen LogP contribution in [0.1, 0.15) is 15.9 Å². The quantitative estimate of drug-likeness (QED) is 0.715. The number of hydrogen-bond acceptors (Lipinski definition) is 5. The average molecular weight is 357 g/mol. The summed E-state index contributed by atoms with van der Waals surface area (Å²) in [5.41, 5.74) is 2.42. The molecule has 1 aliphatic rings. The van der Waals surface area contributed by atoms with Gasteiger partial charge >= 0.3 is 0 Å².